The van der Waals surface area contributed by atoms with Crippen molar-refractivity contribution in [2.24, 2.45) is 0 Å². The van der Waals surface area contributed by atoms with E-state index in [1.807, 2.05) is 36.4 Å². The van der Waals surface area contributed by atoms with Crippen LogP contribution in [0.2, 0.25) is 0 Å². The van der Waals surface area contributed by atoms with E-state index in [4.69, 9.17) is 4.74 Å². The summed E-state index contributed by atoms with van der Waals surface area (Å²) in [5, 5.41) is 10.4. The third kappa shape index (κ3) is 5.04. The van der Waals surface area contributed by atoms with Crippen LogP contribution >= 0.6 is 11.8 Å². The topological polar surface area (TPSA) is 89.7 Å². The molecule has 0 aliphatic carbocycles. The first-order valence-electron chi connectivity index (χ1n) is 9.75. The largest absolute Gasteiger partial charge is 0.489 e. The zero-order valence-electron chi connectivity index (χ0n) is 16.8. The van der Waals surface area contributed by atoms with Crippen molar-refractivity contribution in [1.29, 1.82) is 0 Å². The summed E-state index contributed by atoms with van der Waals surface area (Å²) in [6, 6.07) is 22.7. The summed E-state index contributed by atoms with van der Waals surface area (Å²) < 4.78 is 5.78. The lowest BCUT2D eigenvalue weighted by atomic mass is 10.2. The lowest BCUT2D eigenvalue weighted by Gasteiger charge is -2.12. The highest BCUT2D eigenvalue weighted by atomic mass is 32.2. The minimum atomic E-state index is -0.449. The Morgan fingerprint density at radius 1 is 0.938 bits per heavy atom. The van der Waals surface area contributed by atoms with E-state index < -0.39 is 4.92 Å². The first kappa shape index (κ1) is 21.3. The SMILES string of the molecule is O=C1S/C(=C\c2cccc(OCc3ccc([N+](=O)[O-])cc3)c2)C(=O)N1Cc1ccccc1. The number of imide groups is 1. The van der Waals surface area contributed by atoms with Crippen LogP contribution < -0.4 is 4.74 Å². The Kier molecular flexibility index (Phi) is 6.32. The fraction of sp³-hybridized carbons (Fsp3) is 0.0833. The zero-order valence-corrected chi connectivity index (χ0v) is 17.7. The van der Waals surface area contributed by atoms with Crippen LogP contribution in [0.15, 0.2) is 83.8 Å². The van der Waals surface area contributed by atoms with Crippen molar-refractivity contribution in [1.82, 2.24) is 4.90 Å². The van der Waals surface area contributed by atoms with Gasteiger partial charge in [-0.3, -0.25) is 24.6 Å². The van der Waals surface area contributed by atoms with Crippen LogP contribution in [0.25, 0.3) is 6.08 Å². The van der Waals surface area contributed by atoms with Gasteiger partial charge in [0, 0.05) is 12.1 Å². The molecule has 1 fully saturated rings. The second kappa shape index (κ2) is 9.49. The highest BCUT2D eigenvalue weighted by Gasteiger charge is 2.34. The Morgan fingerprint density at radius 2 is 1.69 bits per heavy atom. The molecule has 2 amide bonds. The summed E-state index contributed by atoms with van der Waals surface area (Å²) in [5.41, 5.74) is 2.44. The average Bonchev–Trinajstić information content (AvgIpc) is 3.06. The van der Waals surface area contributed by atoms with E-state index in [0.717, 1.165) is 28.5 Å². The molecule has 4 rings (SSSR count). The molecule has 160 valence electrons. The zero-order chi connectivity index (χ0) is 22.5. The molecule has 0 aromatic heterocycles. The molecule has 0 spiro atoms. The average molecular weight is 446 g/mol. The number of nitro groups is 1. The molecule has 1 aliphatic rings. The summed E-state index contributed by atoms with van der Waals surface area (Å²) in [6.45, 7) is 0.482. The van der Waals surface area contributed by atoms with Gasteiger partial charge in [-0.05, 0) is 58.8 Å². The quantitative estimate of drug-likeness (QED) is 0.274. The Labute approximate surface area is 188 Å². The van der Waals surface area contributed by atoms with E-state index in [2.05, 4.69) is 0 Å². The first-order valence-corrected chi connectivity index (χ1v) is 10.6. The molecular formula is C24H18N2O5S. The molecule has 0 saturated carbocycles. The standard InChI is InChI=1S/C24H18N2O5S/c27-23-22(32-24(28)25(23)15-17-5-2-1-3-6-17)14-19-7-4-8-21(13-19)31-16-18-9-11-20(12-10-18)26(29)30/h1-14H,15-16H2/b22-14-. The van der Waals surface area contributed by atoms with Crippen LogP contribution in [0.4, 0.5) is 10.5 Å². The Balaban J connectivity index is 1.43. The van der Waals surface area contributed by atoms with Crippen molar-refractivity contribution in [3.8, 4) is 5.75 Å². The van der Waals surface area contributed by atoms with Crippen LogP contribution in [0.1, 0.15) is 16.7 Å². The second-order valence-electron chi connectivity index (χ2n) is 7.04. The van der Waals surface area contributed by atoms with Gasteiger partial charge in [-0.2, -0.15) is 0 Å². The summed E-state index contributed by atoms with van der Waals surface area (Å²) in [5.74, 6) is 0.265. The van der Waals surface area contributed by atoms with Gasteiger partial charge in [0.25, 0.3) is 16.8 Å². The van der Waals surface area contributed by atoms with E-state index in [1.54, 1.807) is 36.4 Å². The number of hydrogen-bond acceptors (Lipinski definition) is 6. The van der Waals surface area contributed by atoms with Crippen molar-refractivity contribution in [3.05, 3.63) is 111 Å². The minimum Gasteiger partial charge on any atom is -0.489 e. The Bertz CT molecular complexity index is 1190. The van der Waals surface area contributed by atoms with Gasteiger partial charge >= 0.3 is 0 Å². The number of carbonyl (C=O) groups is 2. The molecule has 0 radical (unpaired) electrons. The van der Waals surface area contributed by atoms with Crippen LogP contribution in [0.3, 0.4) is 0 Å². The number of hydrogen-bond donors (Lipinski definition) is 0. The van der Waals surface area contributed by atoms with Gasteiger partial charge in [0.2, 0.25) is 0 Å². The van der Waals surface area contributed by atoms with Gasteiger partial charge in [0.15, 0.2) is 0 Å². The van der Waals surface area contributed by atoms with E-state index >= 15 is 0 Å². The van der Waals surface area contributed by atoms with E-state index in [0.29, 0.717) is 10.7 Å². The fourth-order valence-corrected chi connectivity index (χ4v) is 3.97. The maximum atomic E-state index is 12.7. The number of amides is 2. The lowest BCUT2D eigenvalue weighted by Crippen LogP contribution is -2.27. The van der Waals surface area contributed by atoms with Gasteiger partial charge in [-0.25, -0.2) is 0 Å². The molecule has 1 heterocycles. The summed E-state index contributed by atoms with van der Waals surface area (Å²) in [6.07, 6.45) is 1.68. The summed E-state index contributed by atoms with van der Waals surface area (Å²) >= 11 is 0.918. The number of nitrogens with zero attached hydrogens (tertiary/aromatic N) is 2. The minimum absolute atomic E-state index is 0.0250. The van der Waals surface area contributed by atoms with E-state index in [9.17, 15) is 19.7 Å². The highest BCUT2D eigenvalue weighted by Crippen LogP contribution is 2.33. The normalized spacial score (nSPS) is 14.8. The molecule has 0 unspecified atom stereocenters. The number of non-ortho nitro benzene ring substituents is 1. The molecule has 7 nitrogen and oxygen atoms in total. The number of nitro benzene ring substituents is 1. The predicted molar refractivity (Wildman–Crippen MR) is 122 cm³/mol. The van der Waals surface area contributed by atoms with Crippen LogP contribution in [-0.4, -0.2) is 21.0 Å². The molecule has 0 atom stereocenters. The Morgan fingerprint density at radius 3 is 2.41 bits per heavy atom. The molecule has 0 bridgehead atoms. The monoisotopic (exact) mass is 446 g/mol. The maximum Gasteiger partial charge on any atom is 0.293 e. The van der Waals surface area contributed by atoms with Crippen molar-refractivity contribution in [2.75, 3.05) is 0 Å². The number of thioether (sulfide) groups is 1. The number of benzene rings is 3. The highest BCUT2D eigenvalue weighted by molar-refractivity contribution is 8.18. The molecular weight excluding hydrogens is 428 g/mol. The summed E-state index contributed by atoms with van der Waals surface area (Å²) in [7, 11) is 0. The lowest BCUT2D eigenvalue weighted by molar-refractivity contribution is -0.384. The van der Waals surface area contributed by atoms with Crippen LogP contribution in [0.5, 0.6) is 5.75 Å². The maximum absolute atomic E-state index is 12.7. The predicted octanol–water partition coefficient (Wildman–Crippen LogP) is 5.41. The van der Waals surface area contributed by atoms with Crippen molar-refractivity contribution >= 4 is 34.7 Å². The van der Waals surface area contributed by atoms with Crippen LogP contribution in [0, 0.1) is 10.1 Å². The third-order valence-corrected chi connectivity index (χ3v) is 5.67. The van der Waals surface area contributed by atoms with E-state index in [1.165, 1.54) is 17.0 Å². The molecule has 32 heavy (non-hydrogen) atoms. The molecule has 3 aromatic carbocycles. The van der Waals surface area contributed by atoms with Crippen molar-refractivity contribution < 1.29 is 19.2 Å². The van der Waals surface area contributed by atoms with Gasteiger partial charge in [-0.1, -0.05) is 42.5 Å². The first-order chi connectivity index (χ1) is 15.5. The molecule has 1 aliphatic heterocycles. The molecule has 8 heteroatoms. The van der Waals surface area contributed by atoms with Gasteiger partial charge < -0.3 is 4.74 Å². The Hall–Kier alpha value is -3.91. The third-order valence-electron chi connectivity index (χ3n) is 4.77. The smallest absolute Gasteiger partial charge is 0.293 e. The fourth-order valence-electron chi connectivity index (χ4n) is 3.13. The van der Waals surface area contributed by atoms with Gasteiger partial charge in [-0.15, -0.1) is 0 Å². The molecule has 3 aromatic rings. The van der Waals surface area contributed by atoms with Gasteiger partial charge in [0.1, 0.15) is 12.4 Å². The second-order valence-corrected chi connectivity index (χ2v) is 8.03. The number of rotatable bonds is 7. The van der Waals surface area contributed by atoms with Gasteiger partial charge in [0.05, 0.1) is 16.4 Å². The molecule has 0 N–H and O–H groups in total. The van der Waals surface area contributed by atoms with Crippen molar-refractivity contribution in [3.63, 3.8) is 0 Å². The van der Waals surface area contributed by atoms with E-state index in [-0.39, 0.29) is 30.0 Å². The molecule has 1 saturated heterocycles. The van der Waals surface area contributed by atoms with Crippen LogP contribution in [-0.2, 0) is 17.9 Å². The van der Waals surface area contributed by atoms with Crippen molar-refractivity contribution in [2.45, 2.75) is 13.2 Å². The number of ether oxygens (including phenoxy) is 1. The summed E-state index contributed by atoms with van der Waals surface area (Å²) in [4.78, 5) is 37.0. The number of carbonyl (C=O) groups excluding carboxylic acids is 2.